The van der Waals surface area contributed by atoms with Crippen molar-refractivity contribution in [2.45, 2.75) is 19.1 Å². The zero-order valence-electron chi connectivity index (χ0n) is 13.9. The summed E-state index contributed by atoms with van der Waals surface area (Å²) in [5, 5.41) is 4.01. The monoisotopic (exact) mass is 381 g/mol. The summed E-state index contributed by atoms with van der Waals surface area (Å²) < 4.78 is 39.9. The third-order valence-electron chi connectivity index (χ3n) is 4.12. The van der Waals surface area contributed by atoms with E-state index in [9.17, 15) is 13.2 Å². The average Bonchev–Trinajstić information content (AvgIpc) is 3.14. The van der Waals surface area contributed by atoms with Crippen molar-refractivity contribution in [2.24, 2.45) is 0 Å². The van der Waals surface area contributed by atoms with E-state index >= 15 is 0 Å². The number of hydrogen-bond donors (Lipinski definition) is 0. The lowest BCUT2D eigenvalue weighted by Crippen LogP contribution is -2.23. The van der Waals surface area contributed by atoms with E-state index in [-0.39, 0.29) is 16.9 Å². The molecule has 2 aromatic heterocycles. The largest absolute Gasteiger partial charge is 0.417 e. The number of benzene rings is 1. The van der Waals surface area contributed by atoms with Crippen molar-refractivity contribution in [3.8, 4) is 5.69 Å². The van der Waals surface area contributed by atoms with Gasteiger partial charge in [-0.2, -0.15) is 18.3 Å². The van der Waals surface area contributed by atoms with Crippen molar-refractivity contribution in [1.29, 1.82) is 0 Å². The highest BCUT2D eigenvalue weighted by molar-refractivity contribution is 6.33. The minimum Gasteiger partial charge on any atom is -0.352 e. The van der Waals surface area contributed by atoms with Crippen molar-refractivity contribution in [2.75, 3.05) is 11.9 Å². The molecular weight excluding hydrogens is 367 g/mol. The highest BCUT2D eigenvalue weighted by atomic mass is 35.5. The number of halogens is 4. The molecule has 0 radical (unpaired) electrons. The Morgan fingerprint density at radius 3 is 2.42 bits per heavy atom. The molecule has 0 spiro atoms. The van der Waals surface area contributed by atoms with Gasteiger partial charge in [-0.1, -0.05) is 23.7 Å². The number of alkyl halides is 3. The van der Waals surface area contributed by atoms with Gasteiger partial charge in [-0.25, -0.2) is 14.6 Å². The van der Waals surface area contributed by atoms with Crippen LogP contribution in [0.3, 0.4) is 0 Å². The van der Waals surface area contributed by atoms with E-state index in [0.717, 1.165) is 23.5 Å². The number of aromatic nitrogens is 4. The van der Waals surface area contributed by atoms with Crippen molar-refractivity contribution in [3.63, 3.8) is 0 Å². The number of hydrogen-bond acceptors (Lipinski definition) is 4. The first-order chi connectivity index (χ1) is 12.3. The summed E-state index contributed by atoms with van der Waals surface area (Å²) >= 11 is 6.03. The molecule has 3 aromatic rings. The molecule has 0 fully saturated rings. The Morgan fingerprint density at radius 1 is 1.19 bits per heavy atom. The summed E-state index contributed by atoms with van der Waals surface area (Å²) in [5.41, 5.74) is 0.936. The molecule has 0 N–H and O–H groups in total. The van der Waals surface area contributed by atoms with Crippen LogP contribution in [0.5, 0.6) is 0 Å². The highest BCUT2D eigenvalue weighted by Crippen LogP contribution is 2.35. The molecule has 0 aliphatic rings. The van der Waals surface area contributed by atoms with Crippen LogP contribution in [0.2, 0.25) is 5.02 Å². The fourth-order valence-electron chi connectivity index (χ4n) is 2.50. The van der Waals surface area contributed by atoms with Crippen LogP contribution in [0.4, 0.5) is 19.0 Å². The third-order valence-corrected chi connectivity index (χ3v) is 4.40. The maximum atomic E-state index is 12.8. The van der Waals surface area contributed by atoms with E-state index in [1.54, 1.807) is 23.0 Å². The van der Waals surface area contributed by atoms with Gasteiger partial charge in [-0.05, 0) is 30.7 Å². The molecule has 1 unspecified atom stereocenters. The second-order valence-corrected chi connectivity index (χ2v) is 6.15. The molecule has 5 nitrogen and oxygen atoms in total. The Hall–Kier alpha value is -2.61. The lowest BCUT2D eigenvalue weighted by molar-refractivity contribution is -0.137. The highest BCUT2D eigenvalue weighted by Gasteiger charge is 2.32. The summed E-state index contributed by atoms with van der Waals surface area (Å²) in [5.74, 6) is 0.285. The smallest absolute Gasteiger partial charge is 0.352 e. The molecule has 0 aliphatic carbocycles. The second kappa shape index (κ2) is 6.95. The van der Waals surface area contributed by atoms with Crippen LogP contribution in [-0.4, -0.2) is 26.8 Å². The lowest BCUT2D eigenvalue weighted by Gasteiger charge is -2.27. The molecular formula is C17H15ClF3N5. The van der Waals surface area contributed by atoms with Crippen LogP contribution in [0, 0.1) is 0 Å². The SMILES string of the molecule is CC(c1ccc(-n2cncn2)cc1)N(C)c1ncc(C(F)(F)F)cc1Cl. The lowest BCUT2D eigenvalue weighted by atomic mass is 10.1. The topological polar surface area (TPSA) is 46.8 Å². The Bertz CT molecular complexity index is 878. The van der Waals surface area contributed by atoms with Crippen molar-refractivity contribution >= 4 is 17.4 Å². The summed E-state index contributed by atoms with van der Waals surface area (Å²) in [4.78, 5) is 9.53. The van der Waals surface area contributed by atoms with Crippen LogP contribution < -0.4 is 4.90 Å². The predicted molar refractivity (Wildman–Crippen MR) is 92.4 cm³/mol. The maximum absolute atomic E-state index is 12.8. The predicted octanol–water partition coefficient (Wildman–Crippen LogP) is 4.53. The van der Waals surface area contributed by atoms with Gasteiger partial charge in [0.2, 0.25) is 0 Å². The van der Waals surface area contributed by atoms with Crippen LogP contribution in [0.25, 0.3) is 5.69 Å². The van der Waals surface area contributed by atoms with E-state index in [2.05, 4.69) is 15.1 Å². The quantitative estimate of drug-likeness (QED) is 0.666. The summed E-state index contributed by atoms with van der Waals surface area (Å²) in [6.07, 6.45) is -0.645. The van der Waals surface area contributed by atoms with Gasteiger partial charge in [-0.15, -0.1) is 0 Å². The van der Waals surface area contributed by atoms with Crippen molar-refractivity contribution in [3.05, 3.63) is 65.3 Å². The van der Waals surface area contributed by atoms with Crippen LogP contribution in [0.15, 0.2) is 49.2 Å². The van der Waals surface area contributed by atoms with Gasteiger partial charge in [0.1, 0.15) is 18.5 Å². The summed E-state index contributed by atoms with van der Waals surface area (Å²) in [6.45, 7) is 1.92. The van der Waals surface area contributed by atoms with Crippen LogP contribution in [-0.2, 0) is 6.18 Å². The molecule has 1 atom stereocenters. The minimum absolute atomic E-state index is 0.0478. The molecule has 136 valence electrons. The first-order valence-electron chi connectivity index (χ1n) is 7.68. The maximum Gasteiger partial charge on any atom is 0.417 e. The summed E-state index contributed by atoms with van der Waals surface area (Å²) in [7, 11) is 1.73. The first kappa shape index (κ1) is 18.2. The molecule has 0 bridgehead atoms. The standard InChI is InChI=1S/C17H15ClF3N5/c1-11(12-3-5-14(6-4-12)26-10-22-9-24-26)25(2)16-15(18)7-13(8-23-16)17(19,20)21/h3-11H,1-2H3. The number of anilines is 1. The Balaban J connectivity index is 1.82. The van der Waals surface area contributed by atoms with Gasteiger partial charge in [0.05, 0.1) is 22.3 Å². The molecule has 0 saturated heterocycles. The number of rotatable bonds is 4. The van der Waals surface area contributed by atoms with E-state index in [4.69, 9.17) is 11.6 Å². The Kier molecular flexibility index (Phi) is 4.86. The fraction of sp³-hybridized carbons (Fsp3) is 0.235. The van der Waals surface area contributed by atoms with Crippen LogP contribution >= 0.6 is 11.6 Å². The average molecular weight is 382 g/mol. The zero-order valence-corrected chi connectivity index (χ0v) is 14.7. The minimum atomic E-state index is -4.48. The fourth-order valence-corrected chi connectivity index (χ4v) is 2.80. The van der Waals surface area contributed by atoms with Crippen molar-refractivity contribution < 1.29 is 13.2 Å². The Labute approximate surface area is 153 Å². The number of pyridine rings is 1. The van der Waals surface area contributed by atoms with Crippen LogP contribution in [0.1, 0.15) is 24.1 Å². The van der Waals surface area contributed by atoms with Gasteiger partial charge in [0.15, 0.2) is 0 Å². The summed E-state index contributed by atoms with van der Waals surface area (Å²) in [6, 6.07) is 8.33. The van der Waals surface area contributed by atoms with E-state index in [1.807, 2.05) is 31.2 Å². The van der Waals surface area contributed by atoms with Gasteiger partial charge in [0.25, 0.3) is 0 Å². The molecule has 2 heterocycles. The molecule has 3 rings (SSSR count). The normalized spacial score (nSPS) is 12.8. The second-order valence-electron chi connectivity index (χ2n) is 5.75. The molecule has 0 amide bonds. The number of nitrogens with zero attached hydrogens (tertiary/aromatic N) is 5. The van der Waals surface area contributed by atoms with E-state index in [0.29, 0.717) is 0 Å². The molecule has 9 heteroatoms. The van der Waals surface area contributed by atoms with Crippen molar-refractivity contribution in [1.82, 2.24) is 19.7 Å². The molecule has 0 saturated carbocycles. The molecule has 26 heavy (non-hydrogen) atoms. The van der Waals surface area contributed by atoms with E-state index < -0.39 is 11.7 Å². The van der Waals surface area contributed by atoms with Gasteiger partial charge in [0, 0.05) is 13.2 Å². The van der Waals surface area contributed by atoms with Gasteiger partial charge in [-0.3, -0.25) is 0 Å². The van der Waals surface area contributed by atoms with E-state index in [1.165, 1.54) is 6.33 Å². The van der Waals surface area contributed by atoms with Gasteiger partial charge < -0.3 is 4.90 Å². The molecule has 1 aromatic carbocycles. The molecule has 0 aliphatic heterocycles. The third kappa shape index (κ3) is 3.65. The first-order valence-corrected chi connectivity index (χ1v) is 8.05. The van der Waals surface area contributed by atoms with Gasteiger partial charge >= 0.3 is 6.18 Å². The Morgan fingerprint density at radius 2 is 1.88 bits per heavy atom. The zero-order chi connectivity index (χ0) is 18.9.